The van der Waals surface area contributed by atoms with Gasteiger partial charge in [-0.25, -0.2) is 13.2 Å². The number of rotatable bonds is 7. The molecule has 0 bridgehead atoms. The number of allylic oxidation sites excluding steroid dienone is 2. The number of likely N-dealkylation sites (N-methyl/N-ethyl adjacent to an activating group) is 1. The number of carbonyl (C=O) groups is 1. The number of benzene rings is 1. The van der Waals surface area contributed by atoms with E-state index in [1.54, 1.807) is 18.2 Å². The van der Waals surface area contributed by atoms with Crippen molar-refractivity contribution in [2.24, 2.45) is 0 Å². The summed E-state index contributed by atoms with van der Waals surface area (Å²) in [6, 6.07) is 7.85. The molecule has 1 aromatic carbocycles. The van der Waals surface area contributed by atoms with Gasteiger partial charge >= 0.3 is 5.97 Å². The minimum atomic E-state index is -4.01. The van der Waals surface area contributed by atoms with Gasteiger partial charge in [-0.2, -0.15) is 0 Å². The van der Waals surface area contributed by atoms with Crippen LogP contribution in [-0.2, 0) is 24.1 Å². The van der Waals surface area contributed by atoms with E-state index in [0.717, 1.165) is 0 Å². The molecule has 1 aliphatic heterocycles. The average molecular weight is 394 g/mol. The summed E-state index contributed by atoms with van der Waals surface area (Å²) in [5, 5.41) is 0. The fourth-order valence-electron chi connectivity index (χ4n) is 2.83. The molecule has 2 rings (SSSR count). The first kappa shape index (κ1) is 21.0. The minimum absolute atomic E-state index is 0.0446. The van der Waals surface area contributed by atoms with E-state index in [9.17, 15) is 13.2 Å². The SMILES string of the molecule is CCCOC(=O)/C(=C/C=C1/OCC(C)(C)N1CC)S(=O)(=O)c1ccccc1. The van der Waals surface area contributed by atoms with Crippen LogP contribution in [0.3, 0.4) is 0 Å². The number of hydrogen-bond acceptors (Lipinski definition) is 6. The van der Waals surface area contributed by atoms with Crippen LogP contribution in [-0.4, -0.2) is 44.6 Å². The van der Waals surface area contributed by atoms with E-state index in [-0.39, 0.29) is 17.0 Å². The lowest BCUT2D eigenvalue weighted by Crippen LogP contribution is -2.39. The normalized spacial score (nSPS) is 18.4. The van der Waals surface area contributed by atoms with Gasteiger partial charge in [0.15, 0.2) is 10.8 Å². The lowest BCUT2D eigenvalue weighted by atomic mass is 10.1. The zero-order valence-electron chi connectivity index (χ0n) is 16.3. The van der Waals surface area contributed by atoms with E-state index < -0.39 is 20.7 Å². The smallest absolute Gasteiger partial charge is 0.350 e. The van der Waals surface area contributed by atoms with E-state index in [4.69, 9.17) is 9.47 Å². The van der Waals surface area contributed by atoms with Crippen LogP contribution in [0.2, 0.25) is 0 Å². The van der Waals surface area contributed by atoms with Gasteiger partial charge in [0.2, 0.25) is 9.84 Å². The van der Waals surface area contributed by atoms with Gasteiger partial charge in [-0.3, -0.25) is 0 Å². The molecule has 0 amide bonds. The molecule has 0 spiro atoms. The van der Waals surface area contributed by atoms with E-state index in [2.05, 4.69) is 0 Å². The van der Waals surface area contributed by atoms with Crippen LogP contribution in [0.4, 0.5) is 0 Å². The van der Waals surface area contributed by atoms with Crippen LogP contribution in [0.1, 0.15) is 34.1 Å². The van der Waals surface area contributed by atoms with Crippen molar-refractivity contribution in [3.63, 3.8) is 0 Å². The number of nitrogens with zero attached hydrogens (tertiary/aromatic N) is 1. The maximum atomic E-state index is 13.0. The van der Waals surface area contributed by atoms with Crippen molar-refractivity contribution in [2.45, 2.75) is 44.6 Å². The third-order valence-electron chi connectivity index (χ3n) is 4.25. The Morgan fingerprint density at radius 2 is 1.93 bits per heavy atom. The third-order valence-corrected chi connectivity index (χ3v) is 6.02. The summed E-state index contributed by atoms with van der Waals surface area (Å²) in [4.78, 5) is 14.1. The van der Waals surface area contributed by atoms with Crippen LogP contribution < -0.4 is 0 Å². The van der Waals surface area contributed by atoms with Crippen LogP contribution in [0, 0.1) is 0 Å². The predicted octanol–water partition coefficient (Wildman–Crippen LogP) is 3.27. The Bertz CT molecular complexity index is 825. The molecule has 0 saturated carbocycles. The van der Waals surface area contributed by atoms with Crippen molar-refractivity contribution >= 4 is 15.8 Å². The van der Waals surface area contributed by atoms with E-state index in [0.29, 0.717) is 25.5 Å². The highest BCUT2D eigenvalue weighted by atomic mass is 32.2. The molecule has 0 N–H and O–H groups in total. The molecule has 0 unspecified atom stereocenters. The molecule has 1 saturated heterocycles. The molecule has 27 heavy (non-hydrogen) atoms. The maximum absolute atomic E-state index is 13.0. The average Bonchev–Trinajstić information content (AvgIpc) is 2.94. The Kier molecular flexibility index (Phi) is 6.70. The second kappa shape index (κ2) is 8.61. The second-order valence-electron chi connectivity index (χ2n) is 6.83. The van der Waals surface area contributed by atoms with Crippen molar-refractivity contribution in [3.8, 4) is 0 Å². The van der Waals surface area contributed by atoms with Crippen molar-refractivity contribution in [2.75, 3.05) is 19.8 Å². The fraction of sp³-hybridized carbons (Fsp3) is 0.450. The van der Waals surface area contributed by atoms with Crippen molar-refractivity contribution in [1.82, 2.24) is 4.90 Å². The molecule has 0 atom stereocenters. The van der Waals surface area contributed by atoms with Gasteiger partial charge < -0.3 is 14.4 Å². The van der Waals surface area contributed by atoms with Gasteiger partial charge in [0.25, 0.3) is 0 Å². The number of carbonyl (C=O) groups excluding carboxylic acids is 1. The first-order valence-electron chi connectivity index (χ1n) is 9.03. The summed E-state index contributed by atoms with van der Waals surface area (Å²) >= 11 is 0. The molecular weight excluding hydrogens is 366 g/mol. The number of sulfone groups is 1. The molecular formula is C20H27NO5S. The first-order valence-corrected chi connectivity index (χ1v) is 10.5. The van der Waals surface area contributed by atoms with Crippen molar-refractivity contribution < 1.29 is 22.7 Å². The van der Waals surface area contributed by atoms with Crippen LogP contribution in [0.15, 0.2) is 58.2 Å². The number of hydrogen-bond donors (Lipinski definition) is 0. The third kappa shape index (κ3) is 4.71. The second-order valence-corrected chi connectivity index (χ2v) is 8.75. The molecule has 1 heterocycles. The van der Waals surface area contributed by atoms with Crippen LogP contribution >= 0.6 is 0 Å². The standard InChI is InChI=1S/C20H27NO5S/c1-5-14-25-19(22)17(27(23,24)16-10-8-7-9-11-16)12-13-18-21(6-2)20(3,4)15-26-18/h7-13H,5-6,14-15H2,1-4H3/b17-12-,18-13+. The summed E-state index contributed by atoms with van der Waals surface area (Å²) in [6.07, 6.45) is 3.41. The van der Waals surface area contributed by atoms with Gasteiger partial charge in [0, 0.05) is 6.54 Å². The molecule has 1 aliphatic rings. The first-order chi connectivity index (χ1) is 12.7. The highest BCUT2D eigenvalue weighted by Crippen LogP contribution is 2.29. The molecule has 0 radical (unpaired) electrons. The Morgan fingerprint density at radius 1 is 1.26 bits per heavy atom. The largest absolute Gasteiger partial charge is 0.477 e. The van der Waals surface area contributed by atoms with Gasteiger partial charge in [-0.15, -0.1) is 0 Å². The van der Waals surface area contributed by atoms with Crippen molar-refractivity contribution in [1.29, 1.82) is 0 Å². The Hall–Kier alpha value is -2.28. The van der Waals surface area contributed by atoms with E-state index >= 15 is 0 Å². The molecule has 1 aromatic rings. The molecule has 148 valence electrons. The predicted molar refractivity (Wildman–Crippen MR) is 103 cm³/mol. The van der Waals surface area contributed by atoms with Gasteiger partial charge in [-0.1, -0.05) is 25.1 Å². The zero-order valence-corrected chi connectivity index (χ0v) is 17.1. The van der Waals surface area contributed by atoms with Crippen LogP contribution in [0.5, 0.6) is 0 Å². The Labute approximate surface area is 161 Å². The highest BCUT2D eigenvalue weighted by molar-refractivity contribution is 7.96. The summed E-state index contributed by atoms with van der Waals surface area (Å²) in [7, 11) is -4.01. The Balaban J connectivity index is 2.46. The molecule has 0 aromatic heterocycles. The fourth-order valence-corrected chi connectivity index (χ4v) is 4.13. The monoisotopic (exact) mass is 393 g/mol. The summed E-state index contributed by atoms with van der Waals surface area (Å²) < 4.78 is 36.7. The Morgan fingerprint density at radius 3 is 2.52 bits per heavy atom. The quantitative estimate of drug-likeness (QED) is 0.523. The molecule has 7 heteroatoms. The summed E-state index contributed by atoms with van der Waals surface area (Å²) in [6.45, 7) is 9.26. The van der Waals surface area contributed by atoms with Gasteiger partial charge in [0.1, 0.15) is 6.61 Å². The zero-order chi connectivity index (χ0) is 20.1. The van der Waals surface area contributed by atoms with Crippen LogP contribution in [0.25, 0.3) is 0 Å². The number of ether oxygens (including phenoxy) is 2. The topological polar surface area (TPSA) is 72.9 Å². The highest BCUT2D eigenvalue weighted by Gasteiger charge is 2.36. The van der Waals surface area contributed by atoms with E-state index in [1.807, 2.05) is 32.6 Å². The molecule has 0 aliphatic carbocycles. The maximum Gasteiger partial charge on any atom is 0.350 e. The molecule has 1 fully saturated rings. The van der Waals surface area contributed by atoms with Crippen molar-refractivity contribution in [3.05, 3.63) is 53.3 Å². The van der Waals surface area contributed by atoms with Gasteiger partial charge in [0.05, 0.1) is 17.0 Å². The number of esters is 1. The minimum Gasteiger partial charge on any atom is -0.477 e. The summed E-state index contributed by atoms with van der Waals surface area (Å²) in [5.74, 6) is -0.329. The van der Waals surface area contributed by atoms with Gasteiger partial charge in [-0.05, 0) is 51.5 Å². The molecule has 6 nitrogen and oxygen atoms in total. The summed E-state index contributed by atoms with van der Waals surface area (Å²) in [5.41, 5.74) is -0.199. The lowest BCUT2D eigenvalue weighted by molar-refractivity contribution is -0.138. The van der Waals surface area contributed by atoms with E-state index in [1.165, 1.54) is 24.3 Å². The lowest BCUT2D eigenvalue weighted by Gasteiger charge is -2.28.